The predicted octanol–water partition coefficient (Wildman–Crippen LogP) is 1.52. The molecular weight excluding hydrogens is 367 g/mol. The SMILES string of the molecule is CC(C)CCNC(N)=NCC(C)CN1CCOCC1.I. The normalized spacial score (nSPS) is 18.7. The summed E-state index contributed by atoms with van der Waals surface area (Å²) in [7, 11) is 0. The molecule has 3 N–H and O–H groups in total. The largest absolute Gasteiger partial charge is 0.379 e. The molecule has 120 valence electrons. The highest BCUT2D eigenvalue weighted by Gasteiger charge is 2.13. The Morgan fingerprint density at radius 1 is 1.30 bits per heavy atom. The van der Waals surface area contributed by atoms with Crippen LogP contribution in [0.1, 0.15) is 27.2 Å². The van der Waals surface area contributed by atoms with Gasteiger partial charge in [-0.25, -0.2) is 0 Å². The molecule has 0 amide bonds. The lowest BCUT2D eigenvalue weighted by atomic mass is 10.1. The molecule has 1 atom stereocenters. The first-order valence-electron chi connectivity index (χ1n) is 7.41. The highest BCUT2D eigenvalue weighted by atomic mass is 127. The Labute approximate surface area is 140 Å². The van der Waals surface area contributed by atoms with Crippen molar-refractivity contribution < 1.29 is 4.74 Å². The van der Waals surface area contributed by atoms with E-state index in [-0.39, 0.29) is 24.0 Å². The van der Waals surface area contributed by atoms with Gasteiger partial charge in [-0.2, -0.15) is 0 Å². The molecule has 6 heteroatoms. The molecule has 0 bridgehead atoms. The first-order chi connectivity index (χ1) is 9.08. The van der Waals surface area contributed by atoms with E-state index in [2.05, 4.69) is 36.0 Å². The first kappa shape index (κ1) is 19.9. The van der Waals surface area contributed by atoms with E-state index in [1.807, 2.05) is 0 Å². The molecule has 1 saturated heterocycles. The fourth-order valence-corrected chi connectivity index (χ4v) is 2.08. The van der Waals surface area contributed by atoms with E-state index in [0.29, 0.717) is 17.8 Å². The van der Waals surface area contributed by atoms with E-state index in [0.717, 1.165) is 52.4 Å². The van der Waals surface area contributed by atoms with Crippen LogP contribution in [0.5, 0.6) is 0 Å². The summed E-state index contributed by atoms with van der Waals surface area (Å²) in [6, 6.07) is 0. The average Bonchev–Trinajstić information content (AvgIpc) is 2.37. The van der Waals surface area contributed by atoms with Crippen molar-refractivity contribution in [2.24, 2.45) is 22.6 Å². The van der Waals surface area contributed by atoms with E-state index in [1.54, 1.807) is 0 Å². The van der Waals surface area contributed by atoms with Crippen molar-refractivity contribution in [3.8, 4) is 0 Å². The first-order valence-corrected chi connectivity index (χ1v) is 7.41. The van der Waals surface area contributed by atoms with Gasteiger partial charge in [-0.05, 0) is 18.3 Å². The number of hydrogen-bond donors (Lipinski definition) is 2. The van der Waals surface area contributed by atoms with Crippen LogP contribution in [0.4, 0.5) is 0 Å². The quantitative estimate of drug-likeness (QED) is 0.388. The van der Waals surface area contributed by atoms with Crippen molar-refractivity contribution in [1.82, 2.24) is 10.2 Å². The molecule has 1 unspecified atom stereocenters. The van der Waals surface area contributed by atoms with Crippen LogP contribution in [0.2, 0.25) is 0 Å². The van der Waals surface area contributed by atoms with Crippen LogP contribution in [-0.2, 0) is 4.74 Å². The van der Waals surface area contributed by atoms with Gasteiger partial charge in [0, 0.05) is 32.7 Å². The minimum atomic E-state index is 0. The third kappa shape index (κ3) is 9.77. The molecule has 1 aliphatic rings. The maximum absolute atomic E-state index is 5.85. The molecule has 0 aromatic rings. The summed E-state index contributed by atoms with van der Waals surface area (Å²) < 4.78 is 5.34. The van der Waals surface area contributed by atoms with Gasteiger partial charge >= 0.3 is 0 Å². The maximum atomic E-state index is 5.85. The van der Waals surface area contributed by atoms with Gasteiger partial charge in [0.25, 0.3) is 0 Å². The zero-order chi connectivity index (χ0) is 14.1. The second-order valence-electron chi connectivity index (χ2n) is 5.85. The molecule has 0 aromatic heterocycles. The summed E-state index contributed by atoms with van der Waals surface area (Å²) in [5.74, 6) is 1.80. The van der Waals surface area contributed by atoms with E-state index in [1.165, 1.54) is 0 Å². The molecule has 0 aliphatic carbocycles. The highest BCUT2D eigenvalue weighted by Crippen LogP contribution is 2.03. The van der Waals surface area contributed by atoms with Crippen molar-refractivity contribution in [2.45, 2.75) is 27.2 Å². The summed E-state index contributed by atoms with van der Waals surface area (Å²) >= 11 is 0. The topological polar surface area (TPSA) is 62.9 Å². The van der Waals surface area contributed by atoms with Gasteiger partial charge in [0.2, 0.25) is 0 Å². The van der Waals surface area contributed by atoms with Gasteiger partial charge in [-0.15, -0.1) is 24.0 Å². The lowest BCUT2D eigenvalue weighted by Gasteiger charge is -2.28. The van der Waals surface area contributed by atoms with Crippen LogP contribution in [0.3, 0.4) is 0 Å². The number of hydrogen-bond acceptors (Lipinski definition) is 3. The number of halogens is 1. The number of guanidine groups is 1. The lowest BCUT2D eigenvalue weighted by Crippen LogP contribution is -2.39. The number of ether oxygens (including phenoxy) is 1. The van der Waals surface area contributed by atoms with E-state index >= 15 is 0 Å². The van der Waals surface area contributed by atoms with Crippen LogP contribution >= 0.6 is 24.0 Å². The van der Waals surface area contributed by atoms with Crippen molar-refractivity contribution in [3.05, 3.63) is 0 Å². The number of rotatable bonds is 7. The zero-order valence-electron chi connectivity index (χ0n) is 13.1. The smallest absolute Gasteiger partial charge is 0.188 e. The van der Waals surface area contributed by atoms with Gasteiger partial charge in [-0.3, -0.25) is 9.89 Å². The Hall–Kier alpha value is -0.0800. The van der Waals surface area contributed by atoms with Crippen LogP contribution < -0.4 is 11.1 Å². The predicted molar refractivity (Wildman–Crippen MR) is 95.8 cm³/mol. The summed E-state index contributed by atoms with van der Waals surface area (Å²) in [6.45, 7) is 13.2. The third-order valence-electron chi connectivity index (χ3n) is 3.27. The van der Waals surface area contributed by atoms with Crippen molar-refractivity contribution in [3.63, 3.8) is 0 Å². The summed E-state index contributed by atoms with van der Waals surface area (Å²) in [4.78, 5) is 6.85. The van der Waals surface area contributed by atoms with Gasteiger partial charge in [0.05, 0.1) is 13.2 Å². The molecule has 1 fully saturated rings. The van der Waals surface area contributed by atoms with Crippen LogP contribution in [-0.4, -0.2) is 56.8 Å². The number of aliphatic imine (C=N–C) groups is 1. The summed E-state index contributed by atoms with van der Waals surface area (Å²) in [6.07, 6.45) is 1.12. The van der Waals surface area contributed by atoms with Gasteiger partial charge in [0.1, 0.15) is 0 Å². The highest BCUT2D eigenvalue weighted by molar-refractivity contribution is 14.0. The Morgan fingerprint density at radius 2 is 1.95 bits per heavy atom. The minimum absolute atomic E-state index is 0. The van der Waals surface area contributed by atoms with Gasteiger partial charge in [0.15, 0.2) is 5.96 Å². The van der Waals surface area contributed by atoms with Crippen molar-refractivity contribution >= 4 is 29.9 Å². The Bertz CT molecular complexity index is 268. The summed E-state index contributed by atoms with van der Waals surface area (Å²) in [5.41, 5.74) is 5.85. The fraction of sp³-hybridized carbons (Fsp3) is 0.929. The number of morpholine rings is 1. The molecule has 20 heavy (non-hydrogen) atoms. The fourth-order valence-electron chi connectivity index (χ4n) is 2.08. The Morgan fingerprint density at radius 3 is 2.55 bits per heavy atom. The molecule has 5 nitrogen and oxygen atoms in total. The molecular formula is C14H31IN4O. The standard InChI is InChI=1S/C14H30N4O.HI/c1-12(2)4-5-16-14(15)17-10-13(3)11-18-6-8-19-9-7-18;/h12-13H,4-11H2,1-3H3,(H3,15,16,17);1H. The number of nitrogens with two attached hydrogens (primary N) is 1. The minimum Gasteiger partial charge on any atom is -0.379 e. The molecule has 0 aromatic carbocycles. The molecule has 0 radical (unpaired) electrons. The molecule has 0 saturated carbocycles. The average molecular weight is 398 g/mol. The van der Waals surface area contributed by atoms with Crippen LogP contribution in [0, 0.1) is 11.8 Å². The molecule has 1 aliphatic heterocycles. The lowest BCUT2D eigenvalue weighted by molar-refractivity contribution is 0.0323. The van der Waals surface area contributed by atoms with Crippen molar-refractivity contribution in [2.75, 3.05) is 45.9 Å². The van der Waals surface area contributed by atoms with Gasteiger partial charge < -0.3 is 15.8 Å². The molecule has 1 rings (SSSR count). The maximum Gasteiger partial charge on any atom is 0.188 e. The van der Waals surface area contributed by atoms with E-state index in [4.69, 9.17) is 10.5 Å². The zero-order valence-corrected chi connectivity index (χ0v) is 15.4. The monoisotopic (exact) mass is 398 g/mol. The Kier molecular flexibility index (Phi) is 11.5. The second kappa shape index (κ2) is 11.6. The number of nitrogens with zero attached hydrogens (tertiary/aromatic N) is 2. The van der Waals surface area contributed by atoms with Crippen molar-refractivity contribution in [1.29, 1.82) is 0 Å². The summed E-state index contributed by atoms with van der Waals surface area (Å²) in [5, 5.41) is 3.17. The van der Waals surface area contributed by atoms with Crippen LogP contribution in [0.15, 0.2) is 4.99 Å². The third-order valence-corrected chi connectivity index (χ3v) is 3.27. The second-order valence-corrected chi connectivity index (χ2v) is 5.85. The molecule has 0 spiro atoms. The van der Waals surface area contributed by atoms with E-state index in [9.17, 15) is 0 Å². The van der Waals surface area contributed by atoms with Crippen LogP contribution in [0.25, 0.3) is 0 Å². The Balaban J connectivity index is 0.00000361. The van der Waals surface area contributed by atoms with E-state index < -0.39 is 0 Å². The molecule has 1 heterocycles. The number of nitrogens with one attached hydrogen (secondary N) is 1. The van der Waals surface area contributed by atoms with Gasteiger partial charge in [-0.1, -0.05) is 20.8 Å².